The fourth-order valence-corrected chi connectivity index (χ4v) is 3.79. The summed E-state index contributed by atoms with van der Waals surface area (Å²) in [6, 6.07) is 12.9. The van der Waals surface area contributed by atoms with Crippen LogP contribution in [0.5, 0.6) is 5.75 Å². The minimum absolute atomic E-state index is 0.140. The van der Waals surface area contributed by atoms with E-state index >= 15 is 0 Å². The number of rotatable bonds is 4. The van der Waals surface area contributed by atoms with Crippen molar-refractivity contribution in [3.8, 4) is 5.75 Å². The molecular weight excluding hydrogens is 368 g/mol. The molecule has 0 aliphatic carbocycles. The van der Waals surface area contributed by atoms with Gasteiger partial charge in [0.25, 0.3) is 0 Å². The van der Waals surface area contributed by atoms with Crippen LogP contribution < -0.4 is 0 Å². The van der Waals surface area contributed by atoms with E-state index in [0.717, 1.165) is 16.9 Å². The van der Waals surface area contributed by atoms with Crippen molar-refractivity contribution in [2.75, 3.05) is 0 Å². The van der Waals surface area contributed by atoms with Gasteiger partial charge in [0.2, 0.25) is 0 Å². The Morgan fingerprint density at radius 3 is 2.59 bits per heavy atom. The third-order valence-electron chi connectivity index (χ3n) is 5.06. The Kier molecular flexibility index (Phi) is 4.76. The van der Waals surface area contributed by atoms with Crippen LogP contribution in [0.4, 0.5) is 0 Å². The van der Waals surface area contributed by atoms with Crippen LogP contribution in [0.1, 0.15) is 48.6 Å². The summed E-state index contributed by atoms with van der Waals surface area (Å²) in [4.78, 5) is 17.8. The first kappa shape index (κ1) is 19.4. The lowest BCUT2D eigenvalue weighted by Crippen LogP contribution is -2.28. The van der Waals surface area contributed by atoms with Gasteiger partial charge in [-0.15, -0.1) is 0 Å². The van der Waals surface area contributed by atoms with Gasteiger partial charge in [0.1, 0.15) is 17.4 Å². The van der Waals surface area contributed by atoms with Crippen molar-refractivity contribution >= 4 is 23.0 Å². The molecule has 150 valence electrons. The number of allylic oxidation sites excluding steroid dienone is 1. The Bertz CT molecular complexity index is 1100. The quantitative estimate of drug-likeness (QED) is 0.656. The Labute approximate surface area is 169 Å². The van der Waals surface area contributed by atoms with Crippen molar-refractivity contribution < 1.29 is 19.4 Å². The molecule has 1 N–H and O–H groups in total. The fraction of sp³-hybridized carbons (Fsp3) is 0.304. The lowest BCUT2D eigenvalue weighted by Gasteiger charge is -2.17. The van der Waals surface area contributed by atoms with Crippen molar-refractivity contribution in [2.24, 2.45) is 0 Å². The SMILES string of the molecule is C/C=C\n1c(C)nc2c(O)c(C(=O)[C@@H]3OC(C)(C)O[C@H]3c3ccccc3)ccc21. The number of nitrogens with zero attached hydrogens (tertiary/aromatic N) is 2. The number of benzene rings is 2. The van der Waals surface area contributed by atoms with Gasteiger partial charge in [0, 0.05) is 6.20 Å². The fourth-order valence-electron chi connectivity index (χ4n) is 3.79. The smallest absolute Gasteiger partial charge is 0.198 e. The molecule has 2 aromatic carbocycles. The van der Waals surface area contributed by atoms with E-state index in [-0.39, 0.29) is 17.1 Å². The molecule has 1 aliphatic heterocycles. The predicted octanol–water partition coefficient (Wildman–Crippen LogP) is 4.62. The second-order valence-corrected chi connectivity index (χ2v) is 7.59. The van der Waals surface area contributed by atoms with Crippen LogP contribution in [0.2, 0.25) is 0 Å². The maximum Gasteiger partial charge on any atom is 0.198 e. The number of aryl methyl sites for hydroxylation is 1. The summed E-state index contributed by atoms with van der Waals surface area (Å²) in [7, 11) is 0. The zero-order valence-corrected chi connectivity index (χ0v) is 16.9. The summed E-state index contributed by atoms with van der Waals surface area (Å²) in [6.45, 7) is 7.32. The number of hydrogen-bond acceptors (Lipinski definition) is 5. The first-order valence-electron chi connectivity index (χ1n) is 9.60. The largest absolute Gasteiger partial charge is 0.505 e. The molecule has 2 atom stereocenters. The van der Waals surface area contributed by atoms with E-state index in [1.807, 2.05) is 61.0 Å². The van der Waals surface area contributed by atoms with Crippen LogP contribution in [0.25, 0.3) is 17.2 Å². The van der Waals surface area contributed by atoms with E-state index in [1.54, 1.807) is 26.0 Å². The van der Waals surface area contributed by atoms with Crippen molar-refractivity contribution in [2.45, 2.75) is 45.7 Å². The van der Waals surface area contributed by atoms with Gasteiger partial charge >= 0.3 is 0 Å². The summed E-state index contributed by atoms with van der Waals surface area (Å²) in [6.07, 6.45) is 2.33. The number of phenols is 1. The molecule has 0 unspecified atom stereocenters. The molecule has 29 heavy (non-hydrogen) atoms. The number of imidazole rings is 1. The molecular formula is C23H24N2O4. The first-order valence-corrected chi connectivity index (χ1v) is 9.60. The minimum Gasteiger partial charge on any atom is -0.505 e. The Balaban J connectivity index is 1.77. The maximum absolute atomic E-state index is 13.4. The number of ether oxygens (including phenoxy) is 2. The molecule has 6 heteroatoms. The molecule has 0 radical (unpaired) electrons. The number of phenolic OH excluding ortho intramolecular Hbond substituents is 1. The molecule has 4 rings (SSSR count). The predicted molar refractivity (Wildman–Crippen MR) is 111 cm³/mol. The number of ketones is 1. The van der Waals surface area contributed by atoms with Crippen LogP contribution in [0.15, 0.2) is 48.5 Å². The minimum atomic E-state index is -0.912. The Morgan fingerprint density at radius 2 is 1.90 bits per heavy atom. The molecule has 0 bridgehead atoms. The van der Waals surface area contributed by atoms with Gasteiger partial charge in [-0.3, -0.25) is 4.79 Å². The van der Waals surface area contributed by atoms with Gasteiger partial charge < -0.3 is 19.1 Å². The van der Waals surface area contributed by atoms with Crippen LogP contribution in [0.3, 0.4) is 0 Å². The Hall–Kier alpha value is -2.96. The highest BCUT2D eigenvalue weighted by molar-refractivity contribution is 6.06. The van der Waals surface area contributed by atoms with E-state index in [0.29, 0.717) is 5.52 Å². The number of aromatic hydroxyl groups is 1. The highest BCUT2D eigenvalue weighted by atomic mass is 16.8. The number of fused-ring (bicyclic) bond motifs is 1. The molecule has 2 heterocycles. The van der Waals surface area contributed by atoms with Crippen molar-refractivity contribution in [1.29, 1.82) is 0 Å². The highest BCUT2D eigenvalue weighted by Crippen LogP contribution is 2.41. The topological polar surface area (TPSA) is 73.6 Å². The van der Waals surface area contributed by atoms with E-state index < -0.39 is 18.0 Å². The van der Waals surface area contributed by atoms with Crippen LogP contribution in [-0.4, -0.2) is 32.3 Å². The monoisotopic (exact) mass is 392 g/mol. The summed E-state index contributed by atoms with van der Waals surface area (Å²) in [5, 5.41) is 10.9. The lowest BCUT2D eigenvalue weighted by molar-refractivity contribution is -0.143. The van der Waals surface area contributed by atoms with E-state index in [4.69, 9.17) is 9.47 Å². The van der Waals surface area contributed by atoms with E-state index in [2.05, 4.69) is 4.98 Å². The molecule has 1 saturated heterocycles. The average Bonchev–Trinajstić information content (AvgIpc) is 3.20. The second kappa shape index (κ2) is 7.13. The third kappa shape index (κ3) is 3.34. The van der Waals surface area contributed by atoms with Crippen molar-refractivity contribution in [3.05, 3.63) is 65.5 Å². The second-order valence-electron chi connectivity index (χ2n) is 7.59. The molecule has 1 aliphatic rings. The van der Waals surface area contributed by atoms with Crippen LogP contribution >= 0.6 is 0 Å². The number of carbonyl (C=O) groups excluding carboxylic acids is 1. The van der Waals surface area contributed by atoms with Crippen molar-refractivity contribution in [3.63, 3.8) is 0 Å². The number of aromatic nitrogens is 2. The maximum atomic E-state index is 13.4. The molecule has 0 spiro atoms. The van der Waals surface area contributed by atoms with Crippen LogP contribution in [-0.2, 0) is 9.47 Å². The molecule has 1 fully saturated rings. The summed E-state index contributed by atoms with van der Waals surface area (Å²) in [5.74, 6) is -0.659. The van der Waals surface area contributed by atoms with Crippen LogP contribution in [0, 0.1) is 6.92 Å². The summed E-state index contributed by atoms with van der Waals surface area (Å²) in [5.41, 5.74) is 2.15. The normalized spacial score (nSPS) is 21.2. The highest BCUT2D eigenvalue weighted by Gasteiger charge is 2.46. The van der Waals surface area contributed by atoms with Gasteiger partial charge in [0.05, 0.1) is 11.1 Å². The van der Waals surface area contributed by atoms with Gasteiger partial charge in [-0.05, 0) is 45.4 Å². The zero-order chi connectivity index (χ0) is 20.8. The third-order valence-corrected chi connectivity index (χ3v) is 5.06. The zero-order valence-electron chi connectivity index (χ0n) is 16.9. The van der Waals surface area contributed by atoms with E-state index in [9.17, 15) is 9.90 Å². The number of hydrogen-bond donors (Lipinski definition) is 1. The van der Waals surface area contributed by atoms with Crippen molar-refractivity contribution in [1.82, 2.24) is 9.55 Å². The number of carbonyl (C=O) groups is 1. The van der Waals surface area contributed by atoms with Gasteiger partial charge in [-0.1, -0.05) is 36.4 Å². The van der Waals surface area contributed by atoms with Gasteiger partial charge in [-0.25, -0.2) is 4.98 Å². The summed E-state index contributed by atoms with van der Waals surface area (Å²) < 4.78 is 13.8. The molecule has 1 aromatic heterocycles. The molecule has 3 aromatic rings. The molecule has 0 saturated carbocycles. The average molecular weight is 392 g/mol. The first-order chi connectivity index (χ1) is 13.8. The standard InChI is InChI=1S/C23H24N2O4/c1-5-13-25-14(2)24-18-17(25)12-11-16(19(18)26)20(27)22-21(28-23(3,4)29-22)15-9-7-6-8-10-15/h5-13,21-22,26H,1-4H3/b13-5-/t21-,22-/m0/s1. The van der Waals surface area contributed by atoms with E-state index in [1.165, 1.54) is 0 Å². The lowest BCUT2D eigenvalue weighted by atomic mass is 9.96. The summed E-state index contributed by atoms with van der Waals surface area (Å²) >= 11 is 0. The molecule has 0 amide bonds. The van der Waals surface area contributed by atoms with Gasteiger partial charge in [-0.2, -0.15) is 0 Å². The number of Topliss-reactive ketones (excluding diaryl/α,β-unsaturated/α-hetero) is 1. The Morgan fingerprint density at radius 1 is 1.17 bits per heavy atom. The molecule has 6 nitrogen and oxygen atoms in total. The van der Waals surface area contributed by atoms with Gasteiger partial charge in [0.15, 0.2) is 23.4 Å².